The van der Waals surface area contributed by atoms with Crippen LogP contribution in [0.5, 0.6) is 0 Å². The van der Waals surface area contributed by atoms with Crippen molar-refractivity contribution < 1.29 is 13.2 Å². The number of anilines is 1. The van der Waals surface area contributed by atoms with Crippen LogP contribution in [0, 0.1) is 5.92 Å². The highest BCUT2D eigenvalue weighted by Crippen LogP contribution is 2.34. The summed E-state index contributed by atoms with van der Waals surface area (Å²) in [6, 6.07) is 4.48. The van der Waals surface area contributed by atoms with Crippen LogP contribution in [0.3, 0.4) is 0 Å². The molecule has 5 heteroatoms. The van der Waals surface area contributed by atoms with Crippen LogP contribution >= 0.6 is 0 Å². The molecule has 1 fully saturated rings. The molecule has 1 saturated carbocycles. The van der Waals surface area contributed by atoms with Gasteiger partial charge in [0.2, 0.25) is 0 Å². The van der Waals surface area contributed by atoms with Crippen molar-refractivity contribution in [1.29, 1.82) is 0 Å². The molecule has 0 heterocycles. The summed E-state index contributed by atoms with van der Waals surface area (Å²) in [6.45, 7) is 2.09. The maximum Gasteiger partial charge on any atom is 0.416 e. The molecule has 2 rings (SSSR count). The number of hydrogen-bond acceptors (Lipinski definition) is 2. The molecule has 2 atom stereocenters. The van der Waals surface area contributed by atoms with E-state index in [1.165, 1.54) is 18.6 Å². The standard InChI is InChI=1S/C14H19F3N2/c1-9-2-3-11(6-9)19-12-4-5-13(14(15,16)17)10(7-12)8-18/h4-5,7,9,11,19H,2-3,6,8,18H2,1H3. The normalized spacial score (nSPS) is 23.6. The van der Waals surface area contributed by atoms with Crippen LogP contribution in [-0.4, -0.2) is 6.04 Å². The van der Waals surface area contributed by atoms with E-state index in [0.717, 1.165) is 24.6 Å². The molecule has 106 valence electrons. The monoisotopic (exact) mass is 272 g/mol. The lowest BCUT2D eigenvalue weighted by molar-refractivity contribution is -0.138. The maximum atomic E-state index is 12.7. The summed E-state index contributed by atoms with van der Waals surface area (Å²) in [5.41, 5.74) is 5.65. The molecule has 0 bridgehead atoms. The zero-order valence-electron chi connectivity index (χ0n) is 10.9. The first kappa shape index (κ1) is 14.2. The van der Waals surface area contributed by atoms with Crippen molar-refractivity contribution in [2.75, 3.05) is 5.32 Å². The lowest BCUT2D eigenvalue weighted by Gasteiger charge is -2.17. The molecule has 19 heavy (non-hydrogen) atoms. The predicted molar refractivity (Wildman–Crippen MR) is 69.8 cm³/mol. The van der Waals surface area contributed by atoms with Crippen molar-refractivity contribution in [3.63, 3.8) is 0 Å². The Balaban J connectivity index is 2.15. The van der Waals surface area contributed by atoms with Gasteiger partial charge < -0.3 is 11.1 Å². The summed E-state index contributed by atoms with van der Waals surface area (Å²) < 4.78 is 38.2. The van der Waals surface area contributed by atoms with Crippen molar-refractivity contribution >= 4 is 5.69 Å². The molecule has 0 aromatic heterocycles. The number of hydrogen-bond donors (Lipinski definition) is 2. The van der Waals surface area contributed by atoms with E-state index in [9.17, 15) is 13.2 Å². The first-order valence-electron chi connectivity index (χ1n) is 6.57. The Kier molecular flexibility index (Phi) is 4.04. The van der Waals surface area contributed by atoms with Crippen LogP contribution in [0.4, 0.5) is 18.9 Å². The predicted octanol–water partition coefficient (Wildman–Crippen LogP) is 3.76. The van der Waals surface area contributed by atoms with Gasteiger partial charge in [-0.05, 0) is 48.9 Å². The molecule has 0 aliphatic heterocycles. The fourth-order valence-electron chi connectivity index (χ4n) is 2.70. The molecule has 1 aliphatic carbocycles. The molecule has 0 amide bonds. The maximum absolute atomic E-state index is 12.7. The molecule has 1 aromatic rings. The molecular weight excluding hydrogens is 253 g/mol. The van der Waals surface area contributed by atoms with Crippen LogP contribution in [0.25, 0.3) is 0 Å². The SMILES string of the molecule is CC1CCC(Nc2ccc(C(F)(F)F)c(CN)c2)C1. The second-order valence-electron chi connectivity index (χ2n) is 5.33. The summed E-state index contributed by atoms with van der Waals surface area (Å²) in [5, 5.41) is 3.30. The average Bonchev–Trinajstić information content (AvgIpc) is 2.73. The van der Waals surface area contributed by atoms with Gasteiger partial charge >= 0.3 is 6.18 Å². The minimum absolute atomic E-state index is 0.106. The number of halogens is 3. The minimum Gasteiger partial charge on any atom is -0.382 e. The second-order valence-corrected chi connectivity index (χ2v) is 5.33. The van der Waals surface area contributed by atoms with Crippen molar-refractivity contribution in [3.05, 3.63) is 29.3 Å². The Morgan fingerprint density at radius 1 is 1.32 bits per heavy atom. The molecule has 0 saturated heterocycles. The van der Waals surface area contributed by atoms with E-state index < -0.39 is 11.7 Å². The molecule has 1 aliphatic rings. The highest BCUT2D eigenvalue weighted by Gasteiger charge is 2.33. The van der Waals surface area contributed by atoms with E-state index in [1.807, 2.05) is 0 Å². The van der Waals surface area contributed by atoms with Crippen LogP contribution in [0.2, 0.25) is 0 Å². The smallest absolute Gasteiger partial charge is 0.382 e. The Morgan fingerprint density at radius 2 is 2.05 bits per heavy atom. The van der Waals surface area contributed by atoms with Gasteiger partial charge in [0.15, 0.2) is 0 Å². The molecule has 0 spiro atoms. The highest BCUT2D eigenvalue weighted by molar-refractivity contribution is 5.50. The van der Waals surface area contributed by atoms with E-state index in [0.29, 0.717) is 12.0 Å². The summed E-state index contributed by atoms with van der Waals surface area (Å²) in [7, 11) is 0. The summed E-state index contributed by atoms with van der Waals surface area (Å²) >= 11 is 0. The van der Waals surface area contributed by atoms with E-state index in [4.69, 9.17) is 5.73 Å². The largest absolute Gasteiger partial charge is 0.416 e. The Morgan fingerprint density at radius 3 is 2.58 bits per heavy atom. The first-order valence-corrected chi connectivity index (χ1v) is 6.57. The summed E-state index contributed by atoms with van der Waals surface area (Å²) in [4.78, 5) is 0. The number of nitrogens with one attached hydrogen (secondary N) is 1. The topological polar surface area (TPSA) is 38.0 Å². The Labute approximate surface area is 111 Å². The fraction of sp³-hybridized carbons (Fsp3) is 0.571. The third kappa shape index (κ3) is 3.41. The zero-order chi connectivity index (χ0) is 14.0. The second kappa shape index (κ2) is 5.41. The van der Waals surface area contributed by atoms with Gasteiger partial charge in [-0.1, -0.05) is 6.92 Å². The van der Waals surface area contributed by atoms with Gasteiger partial charge in [0, 0.05) is 18.3 Å². The number of alkyl halides is 3. The Bertz CT molecular complexity index is 443. The van der Waals surface area contributed by atoms with Crippen molar-refractivity contribution in [2.24, 2.45) is 11.7 Å². The Hall–Kier alpha value is -1.23. The molecule has 3 N–H and O–H groups in total. The van der Waals surface area contributed by atoms with Crippen LogP contribution in [-0.2, 0) is 12.7 Å². The van der Waals surface area contributed by atoms with Crippen molar-refractivity contribution in [2.45, 2.75) is 44.9 Å². The van der Waals surface area contributed by atoms with E-state index in [2.05, 4.69) is 12.2 Å². The molecule has 1 aromatic carbocycles. The lowest BCUT2D eigenvalue weighted by atomic mass is 10.1. The van der Waals surface area contributed by atoms with Gasteiger partial charge in [0.1, 0.15) is 0 Å². The van der Waals surface area contributed by atoms with Gasteiger partial charge in [0.25, 0.3) is 0 Å². The highest BCUT2D eigenvalue weighted by atomic mass is 19.4. The first-order chi connectivity index (χ1) is 8.90. The molecule has 2 nitrogen and oxygen atoms in total. The average molecular weight is 272 g/mol. The number of benzene rings is 1. The quantitative estimate of drug-likeness (QED) is 0.879. The molecule has 2 unspecified atom stereocenters. The van der Waals surface area contributed by atoms with Gasteiger partial charge in [-0.25, -0.2) is 0 Å². The van der Waals surface area contributed by atoms with Crippen LogP contribution in [0.15, 0.2) is 18.2 Å². The summed E-state index contributed by atoms with van der Waals surface area (Å²) in [5.74, 6) is 0.681. The van der Waals surface area contributed by atoms with Crippen molar-refractivity contribution in [3.8, 4) is 0 Å². The van der Waals surface area contributed by atoms with E-state index >= 15 is 0 Å². The molecule has 0 radical (unpaired) electrons. The van der Waals surface area contributed by atoms with Gasteiger partial charge in [-0.15, -0.1) is 0 Å². The number of nitrogens with two attached hydrogens (primary N) is 1. The fourth-order valence-corrected chi connectivity index (χ4v) is 2.70. The van der Waals surface area contributed by atoms with E-state index in [-0.39, 0.29) is 12.1 Å². The van der Waals surface area contributed by atoms with Crippen molar-refractivity contribution in [1.82, 2.24) is 0 Å². The van der Waals surface area contributed by atoms with Gasteiger partial charge in [-0.2, -0.15) is 13.2 Å². The molecular formula is C14H19F3N2. The number of rotatable bonds is 3. The lowest BCUT2D eigenvalue weighted by Crippen LogP contribution is -2.17. The zero-order valence-corrected chi connectivity index (χ0v) is 10.9. The van der Waals surface area contributed by atoms with Gasteiger partial charge in [0.05, 0.1) is 5.56 Å². The minimum atomic E-state index is -4.34. The summed E-state index contributed by atoms with van der Waals surface area (Å²) in [6.07, 6.45) is -1.03. The van der Waals surface area contributed by atoms with Gasteiger partial charge in [-0.3, -0.25) is 0 Å². The van der Waals surface area contributed by atoms with E-state index in [1.54, 1.807) is 0 Å². The third-order valence-corrected chi connectivity index (χ3v) is 3.70. The van der Waals surface area contributed by atoms with Crippen LogP contribution in [0.1, 0.15) is 37.3 Å². The van der Waals surface area contributed by atoms with Crippen LogP contribution < -0.4 is 11.1 Å². The third-order valence-electron chi connectivity index (χ3n) is 3.70.